The molecule has 0 fully saturated rings. The Hall–Kier alpha value is -1.70. The maximum Gasteiger partial charge on any atom is 0.261 e. The Balaban J connectivity index is 1.99. The van der Waals surface area contributed by atoms with Gasteiger partial charge in [0, 0.05) is 28.8 Å². The molecule has 0 unspecified atom stereocenters. The topological polar surface area (TPSA) is 56.7 Å². The first-order valence-electron chi connectivity index (χ1n) is 4.92. The average molecular weight is 338 g/mol. The highest BCUT2D eigenvalue weighted by Crippen LogP contribution is 2.18. The van der Waals surface area contributed by atoms with Gasteiger partial charge in [-0.25, -0.2) is 4.68 Å². The van der Waals surface area contributed by atoms with E-state index in [2.05, 4.69) is 15.2 Å². The average Bonchev–Trinajstić information content (AvgIpc) is 2.98. The third-order valence-corrected chi connectivity index (χ3v) is 2.69. The van der Waals surface area contributed by atoms with Crippen LogP contribution >= 0.6 is 22.6 Å². The molecular formula is C11H7IN4O. The molecule has 0 saturated carbocycles. The SMILES string of the molecule is Ic1noc(-c2cnn(-c3ccccc3)c2)n1. The van der Waals surface area contributed by atoms with Crippen LogP contribution in [0.4, 0.5) is 0 Å². The Morgan fingerprint density at radius 3 is 2.71 bits per heavy atom. The van der Waals surface area contributed by atoms with Gasteiger partial charge in [-0.05, 0) is 12.1 Å². The summed E-state index contributed by atoms with van der Waals surface area (Å²) in [6.07, 6.45) is 3.56. The van der Waals surface area contributed by atoms with E-state index in [4.69, 9.17) is 4.52 Å². The number of halogens is 1. The van der Waals surface area contributed by atoms with Crippen LogP contribution in [0.3, 0.4) is 0 Å². The highest BCUT2D eigenvalue weighted by Gasteiger charge is 2.09. The predicted molar refractivity (Wildman–Crippen MR) is 69.6 cm³/mol. The van der Waals surface area contributed by atoms with Crippen molar-refractivity contribution in [3.8, 4) is 17.1 Å². The van der Waals surface area contributed by atoms with Crippen LogP contribution in [0.5, 0.6) is 0 Å². The van der Waals surface area contributed by atoms with Gasteiger partial charge in [0.25, 0.3) is 5.89 Å². The van der Waals surface area contributed by atoms with Crippen LogP contribution in [-0.4, -0.2) is 19.9 Å². The van der Waals surface area contributed by atoms with Crippen molar-refractivity contribution in [2.24, 2.45) is 0 Å². The number of nitrogens with zero attached hydrogens (tertiary/aromatic N) is 4. The normalized spacial score (nSPS) is 10.6. The zero-order chi connectivity index (χ0) is 11.7. The maximum absolute atomic E-state index is 5.08. The Morgan fingerprint density at radius 1 is 1.18 bits per heavy atom. The van der Waals surface area contributed by atoms with E-state index in [1.54, 1.807) is 10.9 Å². The summed E-state index contributed by atoms with van der Waals surface area (Å²) in [5.41, 5.74) is 1.80. The van der Waals surface area contributed by atoms with Crippen LogP contribution in [0.1, 0.15) is 0 Å². The highest BCUT2D eigenvalue weighted by molar-refractivity contribution is 14.1. The largest absolute Gasteiger partial charge is 0.333 e. The third-order valence-electron chi connectivity index (χ3n) is 2.25. The van der Waals surface area contributed by atoms with Crippen molar-refractivity contribution in [3.63, 3.8) is 0 Å². The third kappa shape index (κ3) is 2.07. The van der Waals surface area contributed by atoms with E-state index in [0.717, 1.165) is 11.3 Å². The molecule has 2 aromatic heterocycles. The number of hydrogen-bond donors (Lipinski definition) is 0. The Kier molecular flexibility index (Phi) is 2.63. The first kappa shape index (κ1) is 10.5. The van der Waals surface area contributed by atoms with Crippen molar-refractivity contribution in [3.05, 3.63) is 46.6 Å². The van der Waals surface area contributed by atoms with Crippen LogP contribution in [0.15, 0.2) is 47.2 Å². The first-order chi connectivity index (χ1) is 8.33. The van der Waals surface area contributed by atoms with Crippen molar-refractivity contribution >= 4 is 22.6 Å². The number of benzene rings is 1. The van der Waals surface area contributed by atoms with E-state index < -0.39 is 0 Å². The fraction of sp³-hybridized carbons (Fsp3) is 0. The summed E-state index contributed by atoms with van der Waals surface area (Å²) in [5, 5.41) is 8.00. The maximum atomic E-state index is 5.08. The summed E-state index contributed by atoms with van der Waals surface area (Å²) in [7, 11) is 0. The molecule has 0 aliphatic rings. The summed E-state index contributed by atoms with van der Waals surface area (Å²) in [4.78, 5) is 4.14. The molecule has 5 nitrogen and oxygen atoms in total. The molecule has 0 radical (unpaired) electrons. The van der Waals surface area contributed by atoms with Gasteiger partial charge in [-0.2, -0.15) is 10.1 Å². The lowest BCUT2D eigenvalue weighted by Gasteiger charge is -1.98. The van der Waals surface area contributed by atoms with Crippen molar-refractivity contribution in [2.45, 2.75) is 0 Å². The van der Waals surface area contributed by atoms with Crippen molar-refractivity contribution in [2.75, 3.05) is 0 Å². The van der Waals surface area contributed by atoms with Gasteiger partial charge < -0.3 is 4.52 Å². The predicted octanol–water partition coefficient (Wildman–Crippen LogP) is 2.53. The Bertz CT molecular complexity index is 632. The van der Waals surface area contributed by atoms with E-state index >= 15 is 0 Å². The number of rotatable bonds is 2. The minimum Gasteiger partial charge on any atom is -0.333 e. The fourth-order valence-corrected chi connectivity index (χ4v) is 1.80. The molecule has 0 spiro atoms. The van der Waals surface area contributed by atoms with Crippen molar-refractivity contribution < 1.29 is 4.52 Å². The lowest BCUT2D eigenvalue weighted by atomic mass is 10.3. The van der Waals surface area contributed by atoms with Gasteiger partial charge in [0.15, 0.2) is 0 Å². The summed E-state index contributed by atoms with van der Waals surface area (Å²) in [6.45, 7) is 0. The molecule has 0 bridgehead atoms. The smallest absolute Gasteiger partial charge is 0.261 e. The van der Waals surface area contributed by atoms with Gasteiger partial charge in [-0.15, -0.1) is 0 Å². The van der Waals surface area contributed by atoms with E-state index in [1.165, 1.54) is 0 Å². The van der Waals surface area contributed by atoms with E-state index in [0.29, 0.717) is 9.72 Å². The van der Waals surface area contributed by atoms with Crippen LogP contribution in [-0.2, 0) is 0 Å². The van der Waals surface area contributed by atoms with Crippen LogP contribution in [0, 0.1) is 3.83 Å². The molecule has 0 aliphatic carbocycles. The standard InChI is InChI=1S/C11H7IN4O/c12-11-14-10(17-15-11)8-6-13-16(7-8)9-4-2-1-3-5-9/h1-7H. The van der Waals surface area contributed by atoms with Crippen LogP contribution < -0.4 is 0 Å². The van der Waals surface area contributed by atoms with E-state index in [9.17, 15) is 0 Å². The number of aromatic nitrogens is 4. The highest BCUT2D eigenvalue weighted by atomic mass is 127. The van der Waals surface area contributed by atoms with E-state index in [-0.39, 0.29) is 0 Å². The van der Waals surface area contributed by atoms with Crippen molar-refractivity contribution in [1.82, 2.24) is 19.9 Å². The summed E-state index contributed by atoms with van der Waals surface area (Å²) in [6, 6.07) is 9.86. The molecule has 3 aromatic rings. The summed E-state index contributed by atoms with van der Waals surface area (Å²) in [5.74, 6) is 0.483. The monoisotopic (exact) mass is 338 g/mol. The van der Waals surface area contributed by atoms with Gasteiger partial charge in [0.1, 0.15) is 0 Å². The van der Waals surface area contributed by atoms with Gasteiger partial charge in [0.05, 0.1) is 17.4 Å². The quantitative estimate of drug-likeness (QED) is 0.674. The molecule has 0 aliphatic heterocycles. The zero-order valence-electron chi connectivity index (χ0n) is 8.62. The molecule has 1 aromatic carbocycles. The second-order valence-corrected chi connectivity index (χ2v) is 4.34. The molecular weight excluding hydrogens is 331 g/mol. The molecule has 0 N–H and O–H groups in total. The van der Waals surface area contributed by atoms with Crippen LogP contribution in [0.2, 0.25) is 0 Å². The molecule has 6 heteroatoms. The number of hydrogen-bond acceptors (Lipinski definition) is 4. The Labute approximate surface area is 111 Å². The van der Waals surface area contributed by atoms with Gasteiger partial charge in [-0.3, -0.25) is 0 Å². The fourth-order valence-electron chi connectivity index (χ4n) is 1.48. The second-order valence-electron chi connectivity index (χ2n) is 3.38. The van der Waals surface area contributed by atoms with Crippen LogP contribution in [0.25, 0.3) is 17.1 Å². The summed E-state index contributed by atoms with van der Waals surface area (Å²) < 4.78 is 7.44. The lowest BCUT2D eigenvalue weighted by molar-refractivity contribution is 0.426. The molecule has 84 valence electrons. The molecule has 3 rings (SSSR count). The van der Waals surface area contributed by atoms with Gasteiger partial charge in [0.2, 0.25) is 3.83 Å². The van der Waals surface area contributed by atoms with Gasteiger partial charge >= 0.3 is 0 Å². The minimum atomic E-state index is 0.483. The minimum absolute atomic E-state index is 0.483. The van der Waals surface area contributed by atoms with Crippen molar-refractivity contribution in [1.29, 1.82) is 0 Å². The zero-order valence-corrected chi connectivity index (χ0v) is 10.8. The lowest BCUT2D eigenvalue weighted by Crippen LogP contribution is -1.92. The second kappa shape index (κ2) is 4.28. The molecule has 0 atom stereocenters. The van der Waals surface area contributed by atoms with E-state index in [1.807, 2.05) is 59.1 Å². The molecule has 0 saturated heterocycles. The Morgan fingerprint density at radius 2 is 2.00 bits per heavy atom. The molecule has 17 heavy (non-hydrogen) atoms. The number of para-hydroxylation sites is 1. The summed E-state index contributed by atoms with van der Waals surface area (Å²) >= 11 is 2.00. The van der Waals surface area contributed by atoms with Gasteiger partial charge in [-0.1, -0.05) is 23.4 Å². The molecule has 0 amide bonds. The first-order valence-corrected chi connectivity index (χ1v) is 6.00. The molecule has 2 heterocycles.